The van der Waals surface area contributed by atoms with Gasteiger partial charge >= 0.3 is 0 Å². The molecule has 2 aliphatic rings. The number of hydrogen-bond acceptors (Lipinski definition) is 4. The quantitative estimate of drug-likeness (QED) is 0.798. The van der Waals surface area contributed by atoms with Crippen LogP contribution in [0.1, 0.15) is 38.5 Å². The van der Waals surface area contributed by atoms with Crippen LogP contribution in [0.2, 0.25) is 0 Å². The molecule has 1 heterocycles. The lowest BCUT2D eigenvalue weighted by molar-refractivity contribution is 0.169. The predicted molar refractivity (Wildman–Crippen MR) is 83.0 cm³/mol. The highest BCUT2D eigenvalue weighted by molar-refractivity contribution is 7.99. The van der Waals surface area contributed by atoms with Crippen LogP contribution in [0.3, 0.4) is 0 Å². The molecule has 0 radical (unpaired) electrons. The maximum atomic E-state index is 12.5. The standard InChI is InChI=1S/C13H26N2O3S2/c1-19-13-5-3-2-4-12(13)14-20(17,18)15-8-6-11(10-16)7-9-15/h11-14,16H,2-10H2,1H3. The van der Waals surface area contributed by atoms with E-state index in [2.05, 4.69) is 11.0 Å². The molecule has 2 N–H and O–H groups in total. The van der Waals surface area contributed by atoms with Gasteiger partial charge in [0.1, 0.15) is 0 Å². The Kier molecular flexibility index (Phi) is 6.16. The molecule has 1 saturated heterocycles. The van der Waals surface area contributed by atoms with E-state index in [0.717, 1.165) is 32.1 Å². The summed E-state index contributed by atoms with van der Waals surface area (Å²) in [5.74, 6) is 0.259. The van der Waals surface area contributed by atoms with Crippen LogP contribution >= 0.6 is 11.8 Å². The van der Waals surface area contributed by atoms with Crippen molar-refractivity contribution in [1.29, 1.82) is 0 Å². The van der Waals surface area contributed by atoms with Gasteiger partial charge in [-0.25, -0.2) is 0 Å². The van der Waals surface area contributed by atoms with Crippen molar-refractivity contribution >= 4 is 22.0 Å². The van der Waals surface area contributed by atoms with Gasteiger partial charge in [0, 0.05) is 31.0 Å². The number of rotatable bonds is 5. The van der Waals surface area contributed by atoms with E-state index in [1.165, 1.54) is 6.42 Å². The molecule has 2 fully saturated rings. The second-order valence-electron chi connectivity index (χ2n) is 5.81. The van der Waals surface area contributed by atoms with Gasteiger partial charge in [-0.15, -0.1) is 0 Å². The highest BCUT2D eigenvalue weighted by Crippen LogP contribution is 2.28. The molecule has 2 unspecified atom stereocenters. The van der Waals surface area contributed by atoms with Crippen LogP contribution in [0.15, 0.2) is 0 Å². The Labute approximate surface area is 126 Å². The van der Waals surface area contributed by atoms with Crippen molar-refractivity contribution in [3.8, 4) is 0 Å². The second-order valence-corrected chi connectivity index (χ2v) is 8.59. The molecule has 0 amide bonds. The van der Waals surface area contributed by atoms with Crippen LogP contribution < -0.4 is 4.72 Å². The fourth-order valence-corrected chi connectivity index (χ4v) is 5.64. The first-order valence-electron chi connectivity index (χ1n) is 7.48. The fraction of sp³-hybridized carbons (Fsp3) is 1.00. The van der Waals surface area contributed by atoms with Crippen LogP contribution in [0, 0.1) is 5.92 Å². The number of nitrogens with zero attached hydrogens (tertiary/aromatic N) is 1. The minimum atomic E-state index is -3.37. The summed E-state index contributed by atoms with van der Waals surface area (Å²) >= 11 is 1.77. The van der Waals surface area contributed by atoms with Crippen LogP contribution in [-0.4, -0.2) is 55.1 Å². The van der Waals surface area contributed by atoms with Crippen molar-refractivity contribution in [2.24, 2.45) is 5.92 Å². The van der Waals surface area contributed by atoms with Crippen LogP contribution in [0.25, 0.3) is 0 Å². The predicted octanol–water partition coefficient (Wildman–Crippen LogP) is 1.20. The zero-order valence-electron chi connectivity index (χ0n) is 12.1. The third-order valence-corrected chi connectivity index (χ3v) is 7.29. The molecule has 0 aromatic heterocycles. The van der Waals surface area contributed by atoms with Crippen LogP contribution in [0.4, 0.5) is 0 Å². The Morgan fingerprint density at radius 1 is 1.20 bits per heavy atom. The first kappa shape index (κ1) is 16.5. The number of aliphatic hydroxyl groups is 1. The Bertz CT molecular complexity index is 394. The van der Waals surface area contributed by atoms with Gasteiger partial charge in [0.2, 0.25) is 0 Å². The van der Waals surface area contributed by atoms with Crippen molar-refractivity contribution in [3.63, 3.8) is 0 Å². The summed E-state index contributed by atoms with van der Waals surface area (Å²) in [4.78, 5) is 0. The Morgan fingerprint density at radius 3 is 2.45 bits per heavy atom. The molecule has 1 aliphatic heterocycles. The maximum Gasteiger partial charge on any atom is 0.279 e. The summed E-state index contributed by atoms with van der Waals surface area (Å²) in [5.41, 5.74) is 0. The fourth-order valence-electron chi connectivity index (χ4n) is 3.11. The lowest BCUT2D eigenvalue weighted by Gasteiger charge is -2.35. The average molecular weight is 322 g/mol. The normalized spacial score (nSPS) is 30.5. The minimum Gasteiger partial charge on any atom is -0.396 e. The molecule has 0 aromatic rings. The molecular formula is C13H26N2O3S2. The van der Waals surface area contributed by atoms with E-state index in [9.17, 15) is 8.42 Å². The number of hydrogen-bond donors (Lipinski definition) is 2. The van der Waals surface area contributed by atoms with E-state index < -0.39 is 10.2 Å². The number of piperidine rings is 1. The van der Waals surface area contributed by atoms with Crippen LogP contribution in [0.5, 0.6) is 0 Å². The molecule has 5 nitrogen and oxygen atoms in total. The highest BCUT2D eigenvalue weighted by Gasteiger charge is 2.33. The molecular weight excluding hydrogens is 296 g/mol. The van der Waals surface area contributed by atoms with E-state index >= 15 is 0 Å². The van der Waals surface area contributed by atoms with Gasteiger partial charge in [-0.3, -0.25) is 0 Å². The molecule has 7 heteroatoms. The van der Waals surface area contributed by atoms with Gasteiger partial charge in [0.25, 0.3) is 10.2 Å². The number of thioether (sulfide) groups is 1. The summed E-state index contributed by atoms with van der Waals surface area (Å²) < 4.78 is 29.4. The summed E-state index contributed by atoms with van der Waals surface area (Å²) in [7, 11) is -3.37. The first-order chi connectivity index (χ1) is 9.56. The van der Waals surface area contributed by atoms with Gasteiger partial charge in [-0.2, -0.15) is 29.2 Å². The van der Waals surface area contributed by atoms with E-state index in [-0.39, 0.29) is 18.6 Å². The van der Waals surface area contributed by atoms with E-state index in [1.807, 2.05) is 0 Å². The van der Waals surface area contributed by atoms with Crippen molar-refractivity contribution in [2.45, 2.75) is 49.8 Å². The zero-order chi connectivity index (χ0) is 14.6. The minimum absolute atomic E-state index is 0.0688. The van der Waals surface area contributed by atoms with Gasteiger partial charge in [0.05, 0.1) is 0 Å². The van der Waals surface area contributed by atoms with Gasteiger partial charge in [-0.1, -0.05) is 12.8 Å². The van der Waals surface area contributed by atoms with E-state index in [0.29, 0.717) is 18.3 Å². The second kappa shape index (κ2) is 7.45. The molecule has 0 bridgehead atoms. The van der Waals surface area contributed by atoms with Gasteiger partial charge in [-0.05, 0) is 37.9 Å². The Morgan fingerprint density at radius 2 is 1.85 bits per heavy atom. The molecule has 118 valence electrons. The van der Waals surface area contributed by atoms with Gasteiger partial charge < -0.3 is 5.11 Å². The molecule has 2 rings (SSSR count). The van der Waals surface area contributed by atoms with E-state index in [1.54, 1.807) is 16.1 Å². The summed E-state index contributed by atoms with van der Waals surface area (Å²) in [5, 5.41) is 9.52. The topological polar surface area (TPSA) is 69.6 Å². The SMILES string of the molecule is CSC1CCCCC1NS(=O)(=O)N1CCC(CO)CC1. The number of aliphatic hydroxyl groups excluding tert-OH is 1. The summed E-state index contributed by atoms with van der Waals surface area (Å²) in [6.45, 7) is 1.22. The van der Waals surface area contributed by atoms with Crippen LogP contribution in [-0.2, 0) is 10.2 Å². The third-order valence-electron chi connectivity index (χ3n) is 4.48. The largest absolute Gasteiger partial charge is 0.396 e. The van der Waals surface area contributed by atoms with Crippen molar-refractivity contribution < 1.29 is 13.5 Å². The average Bonchev–Trinajstić information content (AvgIpc) is 2.47. The molecule has 20 heavy (non-hydrogen) atoms. The monoisotopic (exact) mass is 322 g/mol. The molecule has 1 saturated carbocycles. The Balaban J connectivity index is 1.93. The lowest BCUT2D eigenvalue weighted by atomic mass is 9.96. The maximum absolute atomic E-state index is 12.5. The molecule has 0 spiro atoms. The smallest absolute Gasteiger partial charge is 0.279 e. The van der Waals surface area contributed by atoms with Crippen molar-refractivity contribution in [2.75, 3.05) is 26.0 Å². The van der Waals surface area contributed by atoms with Crippen molar-refractivity contribution in [3.05, 3.63) is 0 Å². The van der Waals surface area contributed by atoms with Gasteiger partial charge in [0.15, 0.2) is 0 Å². The van der Waals surface area contributed by atoms with E-state index in [4.69, 9.17) is 5.11 Å². The highest BCUT2D eigenvalue weighted by atomic mass is 32.2. The summed E-state index contributed by atoms with van der Waals surface area (Å²) in [6, 6.07) is 0.0688. The summed E-state index contributed by atoms with van der Waals surface area (Å²) in [6.07, 6.45) is 7.92. The van der Waals surface area contributed by atoms with Crippen molar-refractivity contribution in [1.82, 2.24) is 9.03 Å². The molecule has 1 aliphatic carbocycles. The lowest BCUT2D eigenvalue weighted by Crippen LogP contribution is -2.51. The third kappa shape index (κ3) is 4.10. The Hall–Kier alpha value is 0.180. The number of nitrogens with one attached hydrogen (secondary N) is 1. The zero-order valence-corrected chi connectivity index (χ0v) is 13.8. The first-order valence-corrected chi connectivity index (χ1v) is 10.2. The molecule has 2 atom stereocenters. The molecule has 0 aromatic carbocycles.